The second-order valence-corrected chi connectivity index (χ2v) is 16.5. The number of ether oxygens (including phenoxy) is 9. The molecule has 2 saturated carbocycles. The average Bonchev–Trinajstić information content (AvgIpc) is 3.42. The molecule has 6 rings (SSSR count). The first-order valence-corrected chi connectivity index (χ1v) is 19.9. The predicted octanol–water partition coefficient (Wildman–Crippen LogP) is 2.33. The zero-order valence-corrected chi connectivity index (χ0v) is 35.6. The Hall–Kier alpha value is -5.95. The quantitative estimate of drug-likeness (QED) is 0.295. The Morgan fingerprint density at radius 3 is 1.92 bits per heavy atom. The zero-order chi connectivity index (χ0) is 45.7. The van der Waals surface area contributed by atoms with Gasteiger partial charge < -0.3 is 47.7 Å². The van der Waals surface area contributed by atoms with Gasteiger partial charge in [0.05, 0.1) is 23.0 Å². The average molecular weight is 868 g/mol. The van der Waals surface area contributed by atoms with Crippen LogP contribution in [0.4, 0.5) is 0 Å². The van der Waals surface area contributed by atoms with Gasteiger partial charge in [0, 0.05) is 47.0 Å². The number of carbonyl (C=O) groups is 8. The first-order chi connectivity index (χ1) is 29.0. The molecule has 1 aromatic heterocycles. The van der Waals surface area contributed by atoms with Gasteiger partial charge in [0.15, 0.2) is 30.0 Å². The predicted molar refractivity (Wildman–Crippen MR) is 205 cm³/mol. The minimum Gasteiger partial charge on any atom is -0.465 e. The SMILES string of the molecule is CC(=O)OC[C@]12[C@H](OC(C)=O)[C@@H](OC(C)=O)[C@@H]3[C@H](OC(=O)c4ccccc4)[C@@]14O[C@@]3(C)COC(=O)c1cnccc1[C@H](C)[C@H](C)C(=O)O[C@@H]([C@H](OC(C)=O)[C@@H]2OC(C)=O)[C@]4(C)O. The van der Waals surface area contributed by atoms with Crippen LogP contribution in [0, 0.1) is 17.3 Å². The van der Waals surface area contributed by atoms with Crippen molar-refractivity contribution in [2.24, 2.45) is 17.3 Å². The summed E-state index contributed by atoms with van der Waals surface area (Å²) in [4.78, 5) is 113. The Balaban J connectivity index is 1.81. The molecule has 19 heteroatoms. The summed E-state index contributed by atoms with van der Waals surface area (Å²) in [5.74, 6) is -11.7. The molecule has 13 atom stereocenters. The highest BCUT2D eigenvalue weighted by molar-refractivity contribution is 5.91. The van der Waals surface area contributed by atoms with Crippen molar-refractivity contribution in [3.8, 4) is 0 Å². The van der Waals surface area contributed by atoms with E-state index in [0.717, 1.165) is 41.5 Å². The monoisotopic (exact) mass is 867 g/mol. The Labute approximate surface area is 355 Å². The summed E-state index contributed by atoms with van der Waals surface area (Å²) in [6, 6.07) is 9.04. The second kappa shape index (κ2) is 16.7. The smallest absolute Gasteiger partial charge is 0.340 e. The number of benzene rings is 1. The van der Waals surface area contributed by atoms with Crippen LogP contribution >= 0.6 is 0 Å². The van der Waals surface area contributed by atoms with Crippen molar-refractivity contribution in [3.63, 3.8) is 0 Å². The first kappa shape index (κ1) is 45.6. The number of aromatic nitrogens is 1. The van der Waals surface area contributed by atoms with E-state index in [1.54, 1.807) is 13.0 Å². The molecule has 62 heavy (non-hydrogen) atoms. The Kier molecular flexibility index (Phi) is 12.3. The summed E-state index contributed by atoms with van der Waals surface area (Å²) in [6.45, 7) is 8.71. The van der Waals surface area contributed by atoms with Crippen molar-refractivity contribution in [1.82, 2.24) is 4.98 Å². The number of fused-ring (bicyclic) bond motifs is 5. The number of rotatable bonds is 8. The zero-order valence-electron chi connectivity index (χ0n) is 35.6. The topological polar surface area (TPSA) is 253 Å². The fourth-order valence-electron chi connectivity index (χ4n) is 9.88. The molecule has 2 aliphatic heterocycles. The summed E-state index contributed by atoms with van der Waals surface area (Å²) in [7, 11) is 0. The standard InChI is InChI=1S/C43H49NO18/c1-20-21(2)37(50)61-34-32(57-24(5)47)36(59-26(7)49)42(19-54-22(3)45)35(58-25(6)48)31(56-23(4)46)30-33(60-38(51)27-13-11-10-12-14-27)43(42,41(34,9)53)62-40(30,8)18-55-39(52)29-17-44-16-15-28(20)29/h10-17,20-21,30-36,53H,18-19H2,1-9H3/t20-,21+,30-,31+,32+,33+,34+,35-,36+,40+,41+,42-,43+/m1/s1. The molecule has 4 aliphatic rings. The van der Waals surface area contributed by atoms with Gasteiger partial charge in [0.1, 0.15) is 42.0 Å². The van der Waals surface area contributed by atoms with E-state index in [0.29, 0.717) is 5.56 Å². The summed E-state index contributed by atoms with van der Waals surface area (Å²) >= 11 is 0. The van der Waals surface area contributed by atoms with Crippen LogP contribution in [0.1, 0.15) is 94.5 Å². The van der Waals surface area contributed by atoms with Gasteiger partial charge in [-0.05, 0) is 43.5 Å². The summed E-state index contributed by atoms with van der Waals surface area (Å²) < 4.78 is 55.4. The first-order valence-electron chi connectivity index (χ1n) is 19.9. The highest BCUT2D eigenvalue weighted by Crippen LogP contribution is 2.70. The molecule has 19 nitrogen and oxygen atoms in total. The molecule has 0 unspecified atom stereocenters. The number of carbonyl (C=O) groups excluding carboxylic acids is 8. The van der Waals surface area contributed by atoms with Crippen LogP contribution < -0.4 is 0 Å². The maximum Gasteiger partial charge on any atom is 0.340 e. The van der Waals surface area contributed by atoms with Crippen LogP contribution in [0.15, 0.2) is 48.8 Å². The van der Waals surface area contributed by atoms with Gasteiger partial charge in [0.25, 0.3) is 0 Å². The fraction of sp³-hybridized carbons (Fsp3) is 0.558. The molecule has 1 aromatic carbocycles. The van der Waals surface area contributed by atoms with E-state index in [1.165, 1.54) is 56.6 Å². The number of esters is 8. The summed E-state index contributed by atoms with van der Waals surface area (Å²) in [5, 5.41) is 13.7. The highest BCUT2D eigenvalue weighted by Gasteiger charge is 2.92. The number of hydrogen-bond donors (Lipinski definition) is 1. The Morgan fingerprint density at radius 1 is 0.758 bits per heavy atom. The lowest BCUT2D eigenvalue weighted by atomic mass is 9.45. The van der Waals surface area contributed by atoms with E-state index in [-0.39, 0.29) is 11.1 Å². The molecule has 4 bridgehead atoms. The van der Waals surface area contributed by atoms with Gasteiger partial charge in [-0.2, -0.15) is 0 Å². The lowest BCUT2D eigenvalue weighted by Crippen LogP contribution is -2.89. The molecule has 2 aromatic rings. The van der Waals surface area contributed by atoms with Gasteiger partial charge in [-0.1, -0.05) is 32.0 Å². The number of nitrogens with zero attached hydrogens (tertiary/aromatic N) is 1. The number of cyclic esters (lactones) is 1. The molecule has 1 saturated heterocycles. The molecular formula is C43H49NO18. The Bertz CT molecular complexity index is 2160. The van der Waals surface area contributed by atoms with Crippen molar-refractivity contribution in [1.29, 1.82) is 0 Å². The van der Waals surface area contributed by atoms with Gasteiger partial charge in [0.2, 0.25) is 0 Å². The van der Waals surface area contributed by atoms with Crippen molar-refractivity contribution in [2.75, 3.05) is 13.2 Å². The Morgan fingerprint density at radius 2 is 1.34 bits per heavy atom. The largest absolute Gasteiger partial charge is 0.465 e. The normalized spacial score (nSPS) is 36.0. The fourth-order valence-corrected chi connectivity index (χ4v) is 9.88. The van der Waals surface area contributed by atoms with Crippen molar-refractivity contribution < 1.29 is 86.1 Å². The maximum absolute atomic E-state index is 14.5. The van der Waals surface area contributed by atoms with E-state index in [9.17, 15) is 43.5 Å². The molecule has 2 aliphatic carbocycles. The summed E-state index contributed by atoms with van der Waals surface area (Å²) in [5.41, 5.74) is -10.2. The van der Waals surface area contributed by atoms with Gasteiger partial charge in [-0.15, -0.1) is 0 Å². The molecule has 0 amide bonds. The molecule has 1 spiro atoms. The van der Waals surface area contributed by atoms with E-state index in [1.807, 2.05) is 0 Å². The molecule has 1 N–H and O–H groups in total. The van der Waals surface area contributed by atoms with Crippen molar-refractivity contribution >= 4 is 47.8 Å². The van der Waals surface area contributed by atoms with Crippen LogP contribution in [0.25, 0.3) is 0 Å². The van der Waals surface area contributed by atoms with Gasteiger partial charge in [-0.3, -0.25) is 33.8 Å². The molecule has 3 fully saturated rings. The van der Waals surface area contributed by atoms with E-state index in [4.69, 9.17) is 42.6 Å². The van der Waals surface area contributed by atoms with Gasteiger partial charge >= 0.3 is 47.8 Å². The highest BCUT2D eigenvalue weighted by atomic mass is 16.7. The van der Waals surface area contributed by atoms with Gasteiger partial charge in [-0.25, -0.2) is 9.59 Å². The van der Waals surface area contributed by atoms with Crippen LogP contribution in [0.3, 0.4) is 0 Å². The van der Waals surface area contributed by atoms with Crippen LogP contribution in [0.5, 0.6) is 0 Å². The van der Waals surface area contributed by atoms with Crippen LogP contribution in [-0.2, 0) is 71.4 Å². The molecule has 3 heterocycles. The third-order valence-corrected chi connectivity index (χ3v) is 12.5. The molecule has 0 radical (unpaired) electrons. The number of pyridine rings is 1. The van der Waals surface area contributed by atoms with E-state index < -0.39 is 138 Å². The second-order valence-electron chi connectivity index (χ2n) is 16.5. The van der Waals surface area contributed by atoms with E-state index in [2.05, 4.69) is 4.98 Å². The minimum atomic E-state index is -2.87. The molecular weight excluding hydrogens is 818 g/mol. The molecule has 334 valence electrons. The van der Waals surface area contributed by atoms with Crippen LogP contribution in [0.2, 0.25) is 0 Å². The number of hydrogen-bond acceptors (Lipinski definition) is 19. The lowest BCUT2D eigenvalue weighted by Gasteiger charge is -2.67. The van der Waals surface area contributed by atoms with E-state index >= 15 is 0 Å². The summed E-state index contributed by atoms with van der Waals surface area (Å²) in [6.07, 6.45) is -9.55. The third-order valence-electron chi connectivity index (χ3n) is 12.5. The third kappa shape index (κ3) is 7.43. The lowest BCUT2D eigenvalue weighted by molar-refractivity contribution is -0.386. The van der Waals surface area contributed by atoms with Crippen molar-refractivity contribution in [2.45, 2.75) is 122 Å². The maximum atomic E-state index is 14.5. The van der Waals surface area contributed by atoms with Crippen LogP contribution in [-0.4, -0.2) is 124 Å². The minimum absolute atomic E-state index is 0.0290. The number of aliphatic hydroxyl groups is 1. The van der Waals surface area contributed by atoms with Crippen molar-refractivity contribution in [3.05, 3.63) is 65.5 Å².